The van der Waals surface area contributed by atoms with Crippen molar-refractivity contribution in [3.05, 3.63) is 96.0 Å². The van der Waals surface area contributed by atoms with Gasteiger partial charge < -0.3 is 4.42 Å². The van der Waals surface area contributed by atoms with Crippen LogP contribution in [-0.2, 0) is 12.8 Å². The Balaban J connectivity index is 1.29. The van der Waals surface area contributed by atoms with Crippen molar-refractivity contribution in [1.82, 2.24) is 15.0 Å². The van der Waals surface area contributed by atoms with Crippen molar-refractivity contribution in [3.63, 3.8) is 0 Å². The maximum absolute atomic E-state index is 5.91. The van der Waals surface area contributed by atoms with E-state index in [4.69, 9.17) is 14.4 Å². The molecule has 1 aliphatic carbocycles. The lowest BCUT2D eigenvalue weighted by atomic mass is 9.97. The summed E-state index contributed by atoms with van der Waals surface area (Å²) in [5, 5.41) is 0. The van der Waals surface area contributed by atoms with Crippen LogP contribution in [0, 0.1) is 5.92 Å². The average Bonchev–Trinajstić information content (AvgIpc) is 3.33. The fraction of sp³-hybridized carbons (Fsp3) is 0.194. The fourth-order valence-corrected chi connectivity index (χ4v) is 4.63. The normalized spacial score (nSPS) is 12.9. The zero-order valence-electron chi connectivity index (χ0n) is 20.0. The summed E-state index contributed by atoms with van der Waals surface area (Å²) in [4.78, 5) is 14.7. The van der Waals surface area contributed by atoms with Crippen LogP contribution in [0.2, 0.25) is 0 Å². The van der Waals surface area contributed by atoms with Crippen molar-refractivity contribution >= 4 is 17.2 Å². The molecule has 0 radical (unpaired) electrons. The molecule has 4 nitrogen and oxygen atoms in total. The number of rotatable bonds is 5. The van der Waals surface area contributed by atoms with Gasteiger partial charge in [-0.15, -0.1) is 0 Å². The Kier molecular flexibility index (Phi) is 5.49. The molecule has 0 saturated heterocycles. The third-order valence-electron chi connectivity index (χ3n) is 6.41. The highest BCUT2D eigenvalue weighted by Crippen LogP contribution is 2.30. The number of hydrogen-bond donors (Lipinski definition) is 0. The number of oxazole rings is 1. The standard InChI is InChI=1S/C31H27N3O/c1-20(2)19-28-30(33-26-8-4-3-7-25(26)32-28)23-15-11-21(12-16-23)22-13-17-24(18-14-22)31-34-27-9-5-6-10-29(27)35-31/h3,5-7,9-18,20H,4,8,19H2,1-2H3. The minimum atomic E-state index is 0.521. The van der Waals surface area contributed by atoms with Crippen LogP contribution in [0.4, 0.5) is 0 Å². The van der Waals surface area contributed by atoms with Gasteiger partial charge in [-0.1, -0.05) is 68.5 Å². The van der Waals surface area contributed by atoms with Crippen LogP contribution in [0.1, 0.15) is 37.4 Å². The van der Waals surface area contributed by atoms with Crippen LogP contribution in [0.15, 0.2) is 83.3 Å². The lowest BCUT2D eigenvalue weighted by Crippen LogP contribution is -2.09. The van der Waals surface area contributed by atoms with Crippen LogP contribution in [0.25, 0.3) is 51.0 Å². The molecule has 0 spiro atoms. The predicted octanol–water partition coefficient (Wildman–Crippen LogP) is 7.78. The summed E-state index contributed by atoms with van der Waals surface area (Å²) < 4.78 is 5.91. The summed E-state index contributed by atoms with van der Waals surface area (Å²) in [5.74, 6) is 1.17. The fourth-order valence-electron chi connectivity index (χ4n) is 4.63. The summed E-state index contributed by atoms with van der Waals surface area (Å²) >= 11 is 0. The molecule has 35 heavy (non-hydrogen) atoms. The van der Waals surface area contributed by atoms with E-state index < -0.39 is 0 Å². The van der Waals surface area contributed by atoms with Crippen LogP contribution in [-0.4, -0.2) is 15.0 Å². The van der Waals surface area contributed by atoms with E-state index in [9.17, 15) is 0 Å². The summed E-state index contributed by atoms with van der Waals surface area (Å²) in [5.41, 5.74) is 10.3. The van der Waals surface area contributed by atoms with Gasteiger partial charge in [0.1, 0.15) is 5.52 Å². The van der Waals surface area contributed by atoms with Crippen molar-refractivity contribution in [2.75, 3.05) is 0 Å². The highest BCUT2D eigenvalue weighted by Gasteiger charge is 2.17. The second-order valence-corrected chi connectivity index (χ2v) is 9.53. The van der Waals surface area contributed by atoms with Crippen LogP contribution in [0.3, 0.4) is 0 Å². The molecule has 0 bridgehead atoms. The third kappa shape index (κ3) is 4.28. The first kappa shape index (κ1) is 21.5. The number of aromatic nitrogens is 3. The Hall–Kier alpha value is -4.05. The highest BCUT2D eigenvalue weighted by atomic mass is 16.3. The van der Waals surface area contributed by atoms with E-state index >= 15 is 0 Å². The van der Waals surface area contributed by atoms with Crippen molar-refractivity contribution in [2.24, 2.45) is 5.92 Å². The molecule has 1 aliphatic rings. The van der Waals surface area contributed by atoms with Crippen molar-refractivity contribution in [3.8, 4) is 33.8 Å². The van der Waals surface area contributed by atoms with Gasteiger partial charge in [0.2, 0.25) is 5.89 Å². The molecule has 0 fully saturated rings. The highest BCUT2D eigenvalue weighted by molar-refractivity contribution is 5.77. The summed E-state index contributed by atoms with van der Waals surface area (Å²) in [6.07, 6.45) is 7.22. The van der Waals surface area contributed by atoms with Gasteiger partial charge in [-0.05, 0) is 66.6 Å². The lowest BCUT2D eigenvalue weighted by molar-refractivity contribution is 0.620. The smallest absolute Gasteiger partial charge is 0.227 e. The Morgan fingerprint density at radius 2 is 1.46 bits per heavy atom. The summed E-state index contributed by atoms with van der Waals surface area (Å²) in [6, 6.07) is 24.9. The van der Waals surface area contributed by atoms with Gasteiger partial charge in [-0.3, -0.25) is 0 Å². The average molecular weight is 458 g/mol. The number of para-hydroxylation sites is 2. The van der Waals surface area contributed by atoms with Gasteiger partial charge >= 0.3 is 0 Å². The molecule has 0 unspecified atom stereocenters. The van der Waals surface area contributed by atoms with Gasteiger partial charge in [0.25, 0.3) is 0 Å². The Morgan fingerprint density at radius 3 is 2.17 bits per heavy atom. The van der Waals surface area contributed by atoms with Crippen LogP contribution in [0.5, 0.6) is 0 Å². The summed E-state index contributed by atoms with van der Waals surface area (Å²) in [7, 11) is 0. The van der Waals surface area contributed by atoms with E-state index in [1.165, 1.54) is 0 Å². The molecule has 0 aliphatic heterocycles. The number of allylic oxidation sites excluding steroid dienone is 1. The number of aryl methyl sites for hydroxylation is 1. The van der Waals surface area contributed by atoms with Gasteiger partial charge in [0.05, 0.1) is 22.8 Å². The topological polar surface area (TPSA) is 51.8 Å². The third-order valence-corrected chi connectivity index (χ3v) is 6.41. The van der Waals surface area contributed by atoms with E-state index in [-0.39, 0.29) is 0 Å². The molecule has 3 aromatic carbocycles. The Morgan fingerprint density at radius 1 is 0.771 bits per heavy atom. The SMILES string of the molecule is CC(C)Cc1nc2c(nc1-c1ccc(-c3ccc(-c4nc5ccccc5o4)cc3)cc1)CCC=C2. The molecule has 6 rings (SSSR count). The van der Waals surface area contributed by atoms with Gasteiger partial charge in [0, 0.05) is 11.1 Å². The molecule has 2 heterocycles. The molecule has 5 aromatic rings. The molecule has 4 heteroatoms. The second-order valence-electron chi connectivity index (χ2n) is 9.53. The van der Waals surface area contributed by atoms with Crippen LogP contribution < -0.4 is 0 Å². The molecule has 0 amide bonds. The zero-order chi connectivity index (χ0) is 23.8. The van der Waals surface area contributed by atoms with E-state index in [0.29, 0.717) is 11.8 Å². The first-order valence-electron chi connectivity index (χ1n) is 12.3. The van der Waals surface area contributed by atoms with Gasteiger partial charge in [-0.25, -0.2) is 15.0 Å². The van der Waals surface area contributed by atoms with E-state index in [1.54, 1.807) is 0 Å². The number of fused-ring (bicyclic) bond motifs is 2. The van der Waals surface area contributed by atoms with Crippen molar-refractivity contribution in [1.29, 1.82) is 0 Å². The molecular weight excluding hydrogens is 430 g/mol. The van der Waals surface area contributed by atoms with E-state index in [0.717, 1.165) is 75.4 Å². The quantitative estimate of drug-likeness (QED) is 0.270. The Labute approximate surface area is 205 Å². The molecular formula is C31H27N3O. The maximum Gasteiger partial charge on any atom is 0.227 e. The molecule has 0 saturated carbocycles. The van der Waals surface area contributed by atoms with E-state index in [1.807, 2.05) is 24.3 Å². The number of hydrogen-bond acceptors (Lipinski definition) is 4. The maximum atomic E-state index is 5.91. The number of benzene rings is 3. The minimum absolute atomic E-state index is 0.521. The monoisotopic (exact) mass is 457 g/mol. The van der Waals surface area contributed by atoms with Gasteiger partial charge in [0.15, 0.2) is 5.58 Å². The largest absolute Gasteiger partial charge is 0.436 e. The zero-order valence-corrected chi connectivity index (χ0v) is 20.0. The molecule has 2 aromatic heterocycles. The lowest BCUT2D eigenvalue weighted by Gasteiger charge is -2.16. The summed E-state index contributed by atoms with van der Waals surface area (Å²) in [6.45, 7) is 4.46. The Bertz CT molecular complexity index is 1490. The second kappa shape index (κ2) is 8.95. The van der Waals surface area contributed by atoms with E-state index in [2.05, 4.69) is 79.5 Å². The molecule has 172 valence electrons. The minimum Gasteiger partial charge on any atom is -0.436 e. The van der Waals surface area contributed by atoms with Crippen molar-refractivity contribution < 1.29 is 4.42 Å². The molecule has 0 N–H and O–H groups in total. The number of nitrogens with zero attached hydrogens (tertiary/aromatic N) is 3. The first-order valence-corrected chi connectivity index (χ1v) is 12.3. The van der Waals surface area contributed by atoms with Gasteiger partial charge in [-0.2, -0.15) is 0 Å². The first-order chi connectivity index (χ1) is 17.1. The molecule has 0 atom stereocenters. The van der Waals surface area contributed by atoms with Crippen molar-refractivity contribution in [2.45, 2.75) is 33.1 Å². The van der Waals surface area contributed by atoms with Crippen LogP contribution >= 0.6 is 0 Å². The predicted molar refractivity (Wildman–Crippen MR) is 142 cm³/mol.